The molecule has 0 aliphatic carbocycles. The number of carbonyl (C=O) groups is 1. The number of hydrogen-bond acceptors (Lipinski definition) is 3. The molecule has 0 aliphatic heterocycles. The number of anilines is 1. The molecule has 1 amide bonds. The van der Waals surface area contributed by atoms with Gasteiger partial charge in [-0.15, -0.1) is 11.8 Å². The highest BCUT2D eigenvalue weighted by atomic mass is 35.5. The average molecular weight is 259 g/mol. The quantitative estimate of drug-likeness (QED) is 0.798. The van der Waals surface area contributed by atoms with Crippen molar-refractivity contribution >= 4 is 35.0 Å². The molecular weight excluding hydrogens is 244 g/mol. The SMILES string of the molecule is CNCCC(=O)Nc1ccc(SC)c(Cl)c1. The van der Waals surface area contributed by atoms with Crippen LogP contribution in [0.15, 0.2) is 23.1 Å². The number of nitrogens with one attached hydrogen (secondary N) is 2. The lowest BCUT2D eigenvalue weighted by Gasteiger charge is -2.07. The van der Waals surface area contributed by atoms with Crippen molar-refractivity contribution in [1.82, 2.24) is 5.32 Å². The molecule has 5 heteroatoms. The summed E-state index contributed by atoms with van der Waals surface area (Å²) in [6.45, 7) is 0.669. The van der Waals surface area contributed by atoms with Crippen LogP contribution in [0.5, 0.6) is 0 Å². The summed E-state index contributed by atoms with van der Waals surface area (Å²) in [7, 11) is 1.82. The fraction of sp³-hybridized carbons (Fsp3) is 0.364. The van der Waals surface area contributed by atoms with Crippen molar-refractivity contribution in [1.29, 1.82) is 0 Å². The van der Waals surface area contributed by atoms with Crippen molar-refractivity contribution in [3.05, 3.63) is 23.2 Å². The summed E-state index contributed by atoms with van der Waals surface area (Å²) in [6, 6.07) is 5.53. The predicted molar refractivity (Wildman–Crippen MR) is 70.4 cm³/mol. The van der Waals surface area contributed by atoms with Crippen LogP contribution < -0.4 is 10.6 Å². The number of carbonyl (C=O) groups excluding carboxylic acids is 1. The molecule has 0 spiro atoms. The maximum absolute atomic E-state index is 11.4. The Bertz CT molecular complexity index is 371. The first-order chi connectivity index (χ1) is 7.67. The van der Waals surface area contributed by atoms with Crippen LogP contribution in [0.2, 0.25) is 5.02 Å². The van der Waals surface area contributed by atoms with Gasteiger partial charge in [-0.1, -0.05) is 11.6 Å². The molecule has 0 aromatic heterocycles. The molecule has 0 radical (unpaired) electrons. The van der Waals surface area contributed by atoms with Crippen molar-refractivity contribution in [2.45, 2.75) is 11.3 Å². The summed E-state index contributed by atoms with van der Waals surface area (Å²) in [5, 5.41) is 6.39. The molecule has 0 saturated heterocycles. The van der Waals surface area contributed by atoms with E-state index in [1.807, 2.05) is 25.4 Å². The van der Waals surface area contributed by atoms with Gasteiger partial charge in [0.1, 0.15) is 0 Å². The van der Waals surface area contributed by atoms with Crippen molar-refractivity contribution < 1.29 is 4.79 Å². The van der Waals surface area contributed by atoms with Gasteiger partial charge in [0.25, 0.3) is 0 Å². The minimum absolute atomic E-state index is 0.0117. The second-order valence-corrected chi connectivity index (χ2v) is 4.51. The molecule has 0 fully saturated rings. The molecule has 16 heavy (non-hydrogen) atoms. The van der Waals surface area contributed by atoms with Crippen LogP contribution in [0.3, 0.4) is 0 Å². The molecule has 88 valence electrons. The van der Waals surface area contributed by atoms with Gasteiger partial charge in [0.15, 0.2) is 0 Å². The first kappa shape index (κ1) is 13.4. The molecule has 0 atom stereocenters. The van der Waals surface area contributed by atoms with E-state index < -0.39 is 0 Å². The molecule has 0 unspecified atom stereocenters. The Labute approximate surface area is 105 Å². The Kier molecular flexibility index (Phi) is 5.66. The molecule has 2 N–H and O–H groups in total. The second kappa shape index (κ2) is 6.78. The van der Waals surface area contributed by atoms with Gasteiger partial charge >= 0.3 is 0 Å². The Morgan fingerprint density at radius 2 is 2.25 bits per heavy atom. The van der Waals surface area contributed by atoms with E-state index in [4.69, 9.17) is 11.6 Å². The zero-order chi connectivity index (χ0) is 12.0. The first-order valence-electron chi connectivity index (χ1n) is 4.95. The van der Waals surface area contributed by atoms with E-state index in [-0.39, 0.29) is 5.91 Å². The largest absolute Gasteiger partial charge is 0.326 e. The molecule has 0 aliphatic rings. The number of amides is 1. The predicted octanol–water partition coefficient (Wildman–Crippen LogP) is 2.61. The monoisotopic (exact) mass is 258 g/mol. The lowest BCUT2D eigenvalue weighted by molar-refractivity contribution is -0.116. The molecule has 1 aromatic carbocycles. The molecule has 0 heterocycles. The number of rotatable bonds is 5. The summed E-state index contributed by atoms with van der Waals surface area (Å²) < 4.78 is 0. The van der Waals surface area contributed by atoms with Gasteiger partial charge in [-0.25, -0.2) is 0 Å². The molecule has 1 rings (SSSR count). The van der Waals surface area contributed by atoms with Gasteiger partial charge < -0.3 is 10.6 Å². The van der Waals surface area contributed by atoms with Crippen LogP contribution in [0.1, 0.15) is 6.42 Å². The van der Waals surface area contributed by atoms with E-state index in [9.17, 15) is 4.79 Å². The Balaban J connectivity index is 2.61. The van der Waals surface area contributed by atoms with Gasteiger partial charge in [0.05, 0.1) is 5.02 Å². The van der Waals surface area contributed by atoms with Crippen LogP contribution in [-0.2, 0) is 4.79 Å². The van der Waals surface area contributed by atoms with Crippen LogP contribution in [0, 0.1) is 0 Å². The lowest BCUT2D eigenvalue weighted by atomic mass is 10.3. The van der Waals surface area contributed by atoms with Crippen molar-refractivity contribution in [2.24, 2.45) is 0 Å². The van der Waals surface area contributed by atoms with Gasteiger partial charge in [-0.3, -0.25) is 4.79 Å². The lowest BCUT2D eigenvalue weighted by Crippen LogP contribution is -2.18. The molecular formula is C11H15ClN2OS. The zero-order valence-electron chi connectivity index (χ0n) is 9.34. The standard InChI is InChI=1S/C11H15ClN2OS/c1-13-6-5-11(15)14-8-3-4-10(16-2)9(12)7-8/h3-4,7,13H,5-6H2,1-2H3,(H,14,15). The minimum Gasteiger partial charge on any atom is -0.326 e. The smallest absolute Gasteiger partial charge is 0.225 e. The number of hydrogen-bond donors (Lipinski definition) is 2. The average Bonchev–Trinajstić information content (AvgIpc) is 2.26. The van der Waals surface area contributed by atoms with Crippen LogP contribution in [-0.4, -0.2) is 25.8 Å². The Morgan fingerprint density at radius 3 is 2.81 bits per heavy atom. The van der Waals surface area contributed by atoms with E-state index >= 15 is 0 Å². The van der Waals surface area contributed by atoms with Gasteiger partial charge in [0.2, 0.25) is 5.91 Å². The van der Waals surface area contributed by atoms with Crippen LogP contribution in [0.4, 0.5) is 5.69 Å². The number of halogens is 1. The Morgan fingerprint density at radius 1 is 1.50 bits per heavy atom. The number of benzene rings is 1. The highest BCUT2D eigenvalue weighted by Crippen LogP contribution is 2.27. The topological polar surface area (TPSA) is 41.1 Å². The highest BCUT2D eigenvalue weighted by molar-refractivity contribution is 7.98. The third-order valence-electron chi connectivity index (χ3n) is 2.04. The zero-order valence-corrected chi connectivity index (χ0v) is 10.9. The Hall–Kier alpha value is -0.710. The first-order valence-corrected chi connectivity index (χ1v) is 6.55. The fourth-order valence-corrected chi connectivity index (χ4v) is 2.08. The van der Waals surface area contributed by atoms with Crippen molar-refractivity contribution in [3.8, 4) is 0 Å². The summed E-state index contributed by atoms with van der Waals surface area (Å²) in [6.07, 6.45) is 2.42. The minimum atomic E-state index is -0.0117. The molecule has 0 bridgehead atoms. The van der Waals surface area contributed by atoms with E-state index in [1.54, 1.807) is 17.8 Å². The summed E-state index contributed by atoms with van der Waals surface area (Å²) in [5.74, 6) is -0.0117. The third-order valence-corrected chi connectivity index (χ3v) is 3.26. The van der Waals surface area contributed by atoms with E-state index in [0.29, 0.717) is 18.0 Å². The summed E-state index contributed by atoms with van der Waals surface area (Å²) >= 11 is 7.62. The summed E-state index contributed by atoms with van der Waals surface area (Å²) in [5.41, 5.74) is 0.740. The maximum atomic E-state index is 11.4. The van der Waals surface area contributed by atoms with E-state index in [1.165, 1.54) is 0 Å². The highest BCUT2D eigenvalue weighted by Gasteiger charge is 2.04. The van der Waals surface area contributed by atoms with E-state index in [2.05, 4.69) is 10.6 Å². The van der Waals surface area contributed by atoms with Gasteiger partial charge in [-0.05, 0) is 31.5 Å². The van der Waals surface area contributed by atoms with Gasteiger partial charge in [0, 0.05) is 23.5 Å². The molecule has 1 aromatic rings. The second-order valence-electron chi connectivity index (χ2n) is 3.25. The molecule has 3 nitrogen and oxygen atoms in total. The summed E-state index contributed by atoms with van der Waals surface area (Å²) in [4.78, 5) is 12.4. The maximum Gasteiger partial charge on any atom is 0.225 e. The van der Waals surface area contributed by atoms with Crippen LogP contribution >= 0.6 is 23.4 Å². The van der Waals surface area contributed by atoms with Crippen molar-refractivity contribution in [2.75, 3.05) is 25.2 Å². The fourth-order valence-electron chi connectivity index (χ4n) is 1.21. The number of thioether (sulfide) groups is 1. The van der Waals surface area contributed by atoms with Gasteiger partial charge in [-0.2, -0.15) is 0 Å². The van der Waals surface area contributed by atoms with Crippen molar-refractivity contribution in [3.63, 3.8) is 0 Å². The van der Waals surface area contributed by atoms with E-state index in [0.717, 1.165) is 10.6 Å². The van der Waals surface area contributed by atoms with Crippen LogP contribution in [0.25, 0.3) is 0 Å². The third kappa shape index (κ3) is 4.04. The normalized spacial score (nSPS) is 10.2. The molecule has 0 saturated carbocycles.